The summed E-state index contributed by atoms with van der Waals surface area (Å²) in [6.45, 7) is 6.72. The molecule has 0 atom stereocenters. The molecule has 28 heavy (non-hydrogen) atoms. The molecule has 0 radical (unpaired) electrons. The number of hydrogen-bond acceptors (Lipinski definition) is 7. The lowest BCUT2D eigenvalue weighted by Gasteiger charge is -2.29. The van der Waals surface area contributed by atoms with Crippen molar-refractivity contribution in [3.05, 3.63) is 29.3 Å². The molecule has 7 nitrogen and oxygen atoms in total. The number of rotatable bonds is 4. The number of carbonyl (C=O) groups is 1. The minimum atomic E-state index is -0.491. The molecule has 0 unspecified atom stereocenters. The van der Waals surface area contributed by atoms with Crippen LogP contribution in [-0.2, 0) is 4.74 Å². The maximum atomic E-state index is 12.2. The number of ether oxygens (including phenoxy) is 3. The first-order valence-corrected chi connectivity index (χ1v) is 9.81. The van der Waals surface area contributed by atoms with E-state index in [-0.39, 0.29) is 6.09 Å². The molecular weight excluding hydrogens is 378 g/mol. The van der Waals surface area contributed by atoms with Gasteiger partial charge >= 0.3 is 6.09 Å². The van der Waals surface area contributed by atoms with Gasteiger partial charge < -0.3 is 19.1 Å². The molecule has 1 amide bonds. The van der Waals surface area contributed by atoms with Gasteiger partial charge in [0, 0.05) is 18.7 Å². The van der Waals surface area contributed by atoms with Crippen molar-refractivity contribution < 1.29 is 19.0 Å². The second-order valence-electron chi connectivity index (χ2n) is 7.40. The Kier molecular flexibility index (Phi) is 5.88. The maximum absolute atomic E-state index is 12.2. The van der Waals surface area contributed by atoms with Crippen molar-refractivity contribution in [2.45, 2.75) is 32.8 Å². The zero-order valence-corrected chi connectivity index (χ0v) is 17.6. The van der Waals surface area contributed by atoms with Gasteiger partial charge in [0.05, 0.1) is 14.2 Å². The molecule has 2 aromatic rings. The van der Waals surface area contributed by atoms with E-state index in [1.165, 1.54) is 11.5 Å². The van der Waals surface area contributed by atoms with E-state index < -0.39 is 5.60 Å². The van der Waals surface area contributed by atoms with Gasteiger partial charge in [-0.25, -0.2) is 9.78 Å². The van der Waals surface area contributed by atoms with Crippen molar-refractivity contribution in [1.82, 2.24) is 14.3 Å². The quantitative estimate of drug-likeness (QED) is 0.760. The van der Waals surface area contributed by atoms with Crippen LogP contribution in [0.15, 0.2) is 24.3 Å². The summed E-state index contributed by atoms with van der Waals surface area (Å²) in [6.07, 6.45) is 2.46. The summed E-state index contributed by atoms with van der Waals surface area (Å²) in [4.78, 5) is 18.6. The second kappa shape index (κ2) is 8.18. The fourth-order valence-electron chi connectivity index (χ4n) is 2.80. The zero-order valence-electron chi connectivity index (χ0n) is 16.8. The van der Waals surface area contributed by atoms with Crippen LogP contribution in [0.3, 0.4) is 0 Å². The van der Waals surface area contributed by atoms with Crippen LogP contribution in [0.1, 0.15) is 32.2 Å². The van der Waals surface area contributed by atoms with E-state index in [2.05, 4.69) is 9.36 Å². The fraction of sp³-hybridized carbons (Fsp3) is 0.450. The van der Waals surface area contributed by atoms with Gasteiger partial charge in [-0.3, -0.25) is 0 Å². The second-order valence-corrected chi connectivity index (χ2v) is 8.15. The molecule has 0 saturated heterocycles. The molecule has 0 saturated carbocycles. The predicted molar refractivity (Wildman–Crippen MR) is 109 cm³/mol. The van der Waals surface area contributed by atoms with E-state index in [1.54, 1.807) is 19.1 Å². The first-order valence-electron chi connectivity index (χ1n) is 9.04. The van der Waals surface area contributed by atoms with Gasteiger partial charge in [-0.15, -0.1) is 0 Å². The Bertz CT molecular complexity index is 886. The lowest BCUT2D eigenvalue weighted by molar-refractivity contribution is 0.0270. The highest BCUT2D eigenvalue weighted by Crippen LogP contribution is 2.33. The average Bonchev–Trinajstić information content (AvgIpc) is 3.16. The number of methoxy groups -OCH3 is 2. The topological polar surface area (TPSA) is 73.8 Å². The number of carbonyl (C=O) groups excluding carboxylic acids is 1. The maximum Gasteiger partial charge on any atom is 0.410 e. The Morgan fingerprint density at radius 1 is 1.18 bits per heavy atom. The van der Waals surface area contributed by atoms with Gasteiger partial charge in [0.2, 0.25) is 0 Å². The molecule has 0 spiro atoms. The Morgan fingerprint density at radius 3 is 2.54 bits per heavy atom. The lowest BCUT2D eigenvalue weighted by Crippen LogP contribution is -2.39. The first-order chi connectivity index (χ1) is 13.3. The van der Waals surface area contributed by atoms with Crippen molar-refractivity contribution in [3.8, 4) is 22.9 Å². The van der Waals surface area contributed by atoms with E-state index >= 15 is 0 Å². The highest BCUT2D eigenvalue weighted by atomic mass is 32.1. The van der Waals surface area contributed by atoms with Crippen molar-refractivity contribution in [1.29, 1.82) is 0 Å². The molecule has 3 rings (SSSR count). The van der Waals surface area contributed by atoms with Gasteiger partial charge in [-0.2, -0.15) is 4.37 Å². The number of amides is 1. The van der Waals surface area contributed by atoms with Crippen LogP contribution in [-0.4, -0.2) is 53.3 Å². The summed E-state index contributed by atoms with van der Waals surface area (Å²) in [5.74, 6) is 1.96. The molecule has 8 heteroatoms. The normalized spacial score (nSPS) is 14.5. The Balaban J connectivity index is 1.72. The highest BCUT2D eigenvalue weighted by Gasteiger charge is 2.25. The summed E-state index contributed by atoms with van der Waals surface area (Å²) >= 11 is 1.36. The van der Waals surface area contributed by atoms with Crippen LogP contribution in [0.5, 0.6) is 11.5 Å². The van der Waals surface area contributed by atoms with Crippen LogP contribution in [0.4, 0.5) is 4.79 Å². The predicted octanol–water partition coefficient (Wildman–Crippen LogP) is 4.25. The number of hydrogen-bond donors (Lipinski definition) is 0. The molecule has 1 aliphatic heterocycles. The summed E-state index contributed by atoms with van der Waals surface area (Å²) in [6, 6.07) is 5.62. The largest absolute Gasteiger partial charge is 0.493 e. The Hall–Kier alpha value is -2.61. The summed E-state index contributed by atoms with van der Waals surface area (Å²) in [5.41, 5.74) is 1.48. The molecule has 0 fully saturated rings. The highest BCUT2D eigenvalue weighted by molar-refractivity contribution is 7.06. The molecule has 0 N–H and O–H groups in total. The van der Waals surface area contributed by atoms with E-state index in [9.17, 15) is 4.79 Å². The summed E-state index contributed by atoms with van der Waals surface area (Å²) in [7, 11) is 3.21. The van der Waals surface area contributed by atoms with E-state index in [0.717, 1.165) is 22.6 Å². The third-order valence-electron chi connectivity index (χ3n) is 4.20. The molecule has 1 aromatic heterocycles. The van der Waals surface area contributed by atoms with Crippen molar-refractivity contribution >= 4 is 23.2 Å². The molecule has 0 aliphatic carbocycles. The van der Waals surface area contributed by atoms with E-state index in [4.69, 9.17) is 14.2 Å². The molecule has 1 aliphatic rings. The Labute approximate surface area is 169 Å². The molecule has 1 aromatic carbocycles. The third kappa shape index (κ3) is 4.62. The van der Waals surface area contributed by atoms with E-state index in [1.807, 2.05) is 45.0 Å². The monoisotopic (exact) mass is 403 g/mol. The van der Waals surface area contributed by atoms with Gasteiger partial charge in [-0.05, 0) is 62.5 Å². The fourth-order valence-corrected chi connectivity index (χ4v) is 3.55. The standard InChI is InChI=1S/C20H25N3O4S/c1-20(2,3)27-19(24)23-10-8-13(9-11-23)18-21-17(22-28-18)14-6-7-15(25-4)16(12-14)26-5/h6-8,12H,9-11H2,1-5H3. The lowest BCUT2D eigenvalue weighted by atomic mass is 10.1. The minimum Gasteiger partial charge on any atom is -0.493 e. The number of benzene rings is 1. The van der Waals surface area contributed by atoms with Crippen LogP contribution < -0.4 is 9.47 Å². The van der Waals surface area contributed by atoms with Crippen molar-refractivity contribution in [3.63, 3.8) is 0 Å². The van der Waals surface area contributed by atoms with Crippen LogP contribution in [0.2, 0.25) is 0 Å². The third-order valence-corrected chi connectivity index (χ3v) is 4.99. The average molecular weight is 404 g/mol. The summed E-state index contributed by atoms with van der Waals surface area (Å²) < 4.78 is 20.5. The molecule has 150 valence electrons. The smallest absolute Gasteiger partial charge is 0.410 e. The van der Waals surface area contributed by atoms with Gasteiger partial charge in [0.1, 0.15) is 10.6 Å². The van der Waals surface area contributed by atoms with Crippen LogP contribution in [0.25, 0.3) is 17.0 Å². The SMILES string of the molecule is COc1ccc(-c2nsc(C3=CCN(C(=O)OC(C)(C)C)CC3)n2)cc1OC. The number of aromatic nitrogens is 2. The zero-order chi connectivity index (χ0) is 20.3. The van der Waals surface area contributed by atoms with Gasteiger partial charge in [0.25, 0.3) is 0 Å². The number of nitrogens with zero attached hydrogens (tertiary/aromatic N) is 3. The summed E-state index contributed by atoms with van der Waals surface area (Å²) in [5, 5.41) is 0.869. The molecular formula is C20H25N3O4S. The van der Waals surface area contributed by atoms with Crippen molar-refractivity contribution in [2.75, 3.05) is 27.3 Å². The van der Waals surface area contributed by atoms with Crippen LogP contribution >= 0.6 is 11.5 Å². The Morgan fingerprint density at radius 2 is 1.93 bits per heavy atom. The van der Waals surface area contributed by atoms with Crippen molar-refractivity contribution in [2.24, 2.45) is 0 Å². The van der Waals surface area contributed by atoms with Gasteiger partial charge in [-0.1, -0.05) is 6.08 Å². The molecule has 2 heterocycles. The van der Waals surface area contributed by atoms with E-state index in [0.29, 0.717) is 30.4 Å². The van der Waals surface area contributed by atoms with Gasteiger partial charge in [0.15, 0.2) is 17.3 Å². The minimum absolute atomic E-state index is 0.286. The molecule has 0 bridgehead atoms. The first kappa shape index (κ1) is 20.1. The van der Waals surface area contributed by atoms with Crippen LogP contribution in [0, 0.1) is 0 Å².